The van der Waals surface area contributed by atoms with Crippen molar-refractivity contribution in [1.82, 2.24) is 0 Å². The van der Waals surface area contributed by atoms with Crippen LogP contribution < -0.4 is 19.1 Å². The average Bonchev–Trinajstić information content (AvgIpc) is 3.03. The first kappa shape index (κ1) is 24.2. The molecule has 3 rings (SSSR count). The van der Waals surface area contributed by atoms with Gasteiger partial charge in [0.1, 0.15) is 5.75 Å². The minimum atomic E-state index is -0.210. The number of nitrogens with zero attached hydrogens (tertiary/aromatic N) is 1. The summed E-state index contributed by atoms with van der Waals surface area (Å²) in [6.07, 6.45) is 4.24. The van der Waals surface area contributed by atoms with Gasteiger partial charge in [-0.1, -0.05) is 41.7 Å². The predicted octanol–water partition coefficient (Wildman–Crippen LogP) is 6.28. The van der Waals surface area contributed by atoms with Crippen LogP contribution in [0.1, 0.15) is 25.0 Å². The van der Waals surface area contributed by atoms with Crippen molar-refractivity contribution in [2.45, 2.75) is 20.3 Å². The molecule has 0 N–H and O–H groups in total. The van der Waals surface area contributed by atoms with Crippen molar-refractivity contribution in [3.05, 3.63) is 64.0 Å². The van der Waals surface area contributed by atoms with Crippen LogP contribution in [0.25, 0.3) is 6.08 Å². The van der Waals surface area contributed by atoms with Gasteiger partial charge in [0, 0.05) is 5.56 Å². The molecule has 0 aliphatic carbocycles. The number of ether oxygens (including phenoxy) is 3. The van der Waals surface area contributed by atoms with Crippen LogP contribution in [0, 0.1) is 0 Å². The molecule has 0 radical (unpaired) electrons. The van der Waals surface area contributed by atoms with Crippen molar-refractivity contribution in [3.63, 3.8) is 0 Å². The van der Waals surface area contributed by atoms with E-state index < -0.39 is 0 Å². The Morgan fingerprint density at radius 3 is 2.53 bits per heavy atom. The molecule has 1 aliphatic heterocycles. The van der Waals surface area contributed by atoms with Gasteiger partial charge < -0.3 is 14.2 Å². The number of amides is 1. The molecule has 8 heteroatoms. The number of thioether (sulfide) groups is 1. The van der Waals surface area contributed by atoms with Crippen LogP contribution in [-0.4, -0.2) is 30.6 Å². The van der Waals surface area contributed by atoms with Gasteiger partial charge in [0.05, 0.1) is 35.9 Å². The molecule has 5 nitrogen and oxygen atoms in total. The lowest BCUT2D eigenvalue weighted by molar-refractivity contribution is -0.113. The third-order valence-electron chi connectivity index (χ3n) is 4.59. The maximum atomic E-state index is 13.2. The van der Waals surface area contributed by atoms with Gasteiger partial charge in [0.15, 0.2) is 15.8 Å². The molecule has 0 saturated carbocycles. The average molecular weight is 490 g/mol. The zero-order chi connectivity index (χ0) is 23.3. The number of rotatable bonds is 9. The summed E-state index contributed by atoms with van der Waals surface area (Å²) in [6, 6.07) is 8.98. The molecule has 2 aromatic rings. The van der Waals surface area contributed by atoms with Crippen molar-refractivity contribution >= 4 is 57.6 Å². The van der Waals surface area contributed by atoms with Gasteiger partial charge in [0.25, 0.3) is 5.91 Å². The molecule has 1 fully saturated rings. The Morgan fingerprint density at radius 2 is 1.91 bits per heavy atom. The lowest BCUT2D eigenvalue weighted by Gasteiger charge is -2.16. The second kappa shape index (κ2) is 10.9. The molecule has 32 heavy (non-hydrogen) atoms. The van der Waals surface area contributed by atoms with Gasteiger partial charge in [-0.2, -0.15) is 0 Å². The molecule has 0 aromatic heterocycles. The van der Waals surface area contributed by atoms with Crippen LogP contribution in [0.3, 0.4) is 0 Å². The summed E-state index contributed by atoms with van der Waals surface area (Å²) in [6.45, 7) is 8.70. The summed E-state index contributed by atoms with van der Waals surface area (Å²) in [5.41, 5.74) is 2.36. The van der Waals surface area contributed by atoms with Crippen LogP contribution >= 0.6 is 35.6 Å². The minimum absolute atomic E-state index is 0.210. The summed E-state index contributed by atoms with van der Waals surface area (Å²) in [5, 5.41) is 0.407. The second-order valence-electron chi connectivity index (χ2n) is 6.70. The zero-order valence-electron chi connectivity index (χ0n) is 18.1. The van der Waals surface area contributed by atoms with Crippen LogP contribution in [0.15, 0.2) is 47.9 Å². The van der Waals surface area contributed by atoms with E-state index in [0.29, 0.717) is 56.8 Å². The first-order chi connectivity index (χ1) is 15.4. The first-order valence-corrected chi connectivity index (χ1v) is 11.7. The van der Waals surface area contributed by atoms with Gasteiger partial charge >= 0.3 is 0 Å². The Balaban J connectivity index is 1.99. The highest BCUT2D eigenvalue weighted by atomic mass is 35.5. The summed E-state index contributed by atoms with van der Waals surface area (Å²) in [4.78, 5) is 15.2. The molecule has 2 aromatic carbocycles. The van der Waals surface area contributed by atoms with Gasteiger partial charge in [-0.15, -0.1) is 6.58 Å². The molecule has 0 bridgehead atoms. The minimum Gasteiger partial charge on any atom is -0.495 e. The van der Waals surface area contributed by atoms with Crippen molar-refractivity contribution < 1.29 is 19.0 Å². The number of anilines is 1. The number of hydrogen-bond acceptors (Lipinski definition) is 6. The number of halogens is 1. The molecular formula is C24H24ClNO4S2. The van der Waals surface area contributed by atoms with Crippen LogP contribution in [0.4, 0.5) is 5.69 Å². The molecule has 168 valence electrons. The van der Waals surface area contributed by atoms with E-state index in [1.54, 1.807) is 18.2 Å². The van der Waals surface area contributed by atoms with Crippen LogP contribution in [-0.2, 0) is 11.2 Å². The van der Waals surface area contributed by atoms with Crippen molar-refractivity contribution in [3.8, 4) is 17.2 Å². The Hall–Kier alpha value is -2.48. The summed E-state index contributed by atoms with van der Waals surface area (Å²) < 4.78 is 17.3. The number of carbonyl (C=O) groups is 1. The predicted molar refractivity (Wildman–Crippen MR) is 136 cm³/mol. The first-order valence-electron chi connectivity index (χ1n) is 10.1. The molecule has 0 spiro atoms. The Morgan fingerprint density at radius 1 is 1.16 bits per heavy atom. The van der Waals surface area contributed by atoms with E-state index >= 15 is 0 Å². The zero-order valence-corrected chi connectivity index (χ0v) is 20.5. The molecule has 1 heterocycles. The molecule has 0 atom stereocenters. The topological polar surface area (TPSA) is 48.0 Å². The standard InChI is InChI=1S/C24H24ClNO4S2/c1-5-8-16-11-15(12-20(29-6-2)22(16)30-7-3)13-21-23(27)26(24(31)32-21)17-9-10-19(28-4)18(25)14-17/h5,9-14H,1,6-8H2,2-4H3/b21-13+. The van der Waals surface area contributed by atoms with Gasteiger partial charge in [-0.05, 0) is 62.2 Å². The van der Waals surface area contributed by atoms with Crippen LogP contribution in [0.5, 0.6) is 17.2 Å². The van der Waals surface area contributed by atoms with Crippen LogP contribution in [0.2, 0.25) is 5.02 Å². The maximum absolute atomic E-state index is 13.2. The van der Waals surface area contributed by atoms with Crippen molar-refractivity contribution in [2.75, 3.05) is 25.2 Å². The largest absolute Gasteiger partial charge is 0.495 e. The number of carbonyl (C=O) groups excluding carboxylic acids is 1. The molecule has 1 amide bonds. The summed E-state index contributed by atoms with van der Waals surface area (Å²) >= 11 is 13.0. The normalized spacial score (nSPS) is 14.8. The van der Waals surface area contributed by atoms with E-state index in [1.165, 1.54) is 23.8 Å². The van der Waals surface area contributed by atoms with E-state index in [1.807, 2.05) is 38.1 Å². The van der Waals surface area contributed by atoms with E-state index in [2.05, 4.69) is 6.58 Å². The Kier molecular flexibility index (Phi) is 8.23. The molecule has 0 unspecified atom stereocenters. The Bertz CT molecular complexity index is 1080. The van der Waals surface area contributed by atoms with E-state index in [-0.39, 0.29) is 5.91 Å². The number of methoxy groups -OCH3 is 1. The number of thiocarbonyl (C=S) groups is 1. The van der Waals surface area contributed by atoms with Gasteiger partial charge in [0.2, 0.25) is 0 Å². The lowest BCUT2D eigenvalue weighted by atomic mass is 10.0. The Labute approximate surface area is 203 Å². The summed E-state index contributed by atoms with van der Waals surface area (Å²) in [7, 11) is 1.54. The van der Waals surface area contributed by atoms with E-state index in [4.69, 9.17) is 38.0 Å². The second-order valence-corrected chi connectivity index (χ2v) is 8.79. The van der Waals surface area contributed by atoms with Gasteiger partial charge in [-0.25, -0.2) is 0 Å². The van der Waals surface area contributed by atoms with E-state index in [9.17, 15) is 4.79 Å². The van der Waals surface area contributed by atoms with E-state index in [0.717, 1.165) is 11.1 Å². The highest BCUT2D eigenvalue weighted by molar-refractivity contribution is 8.27. The third-order valence-corrected chi connectivity index (χ3v) is 6.19. The smallest absolute Gasteiger partial charge is 0.270 e. The van der Waals surface area contributed by atoms with Crippen molar-refractivity contribution in [2.24, 2.45) is 0 Å². The number of allylic oxidation sites excluding steroid dienone is 1. The fourth-order valence-electron chi connectivity index (χ4n) is 3.28. The fraction of sp³-hybridized carbons (Fsp3) is 0.250. The monoisotopic (exact) mass is 489 g/mol. The number of hydrogen-bond donors (Lipinski definition) is 0. The quantitative estimate of drug-likeness (QED) is 0.235. The highest BCUT2D eigenvalue weighted by Crippen LogP contribution is 2.40. The molecule has 1 aliphatic rings. The third kappa shape index (κ3) is 5.11. The molecular weight excluding hydrogens is 466 g/mol. The fourth-order valence-corrected chi connectivity index (χ4v) is 4.83. The van der Waals surface area contributed by atoms with Crippen molar-refractivity contribution in [1.29, 1.82) is 0 Å². The lowest BCUT2D eigenvalue weighted by Crippen LogP contribution is -2.27. The maximum Gasteiger partial charge on any atom is 0.270 e. The van der Waals surface area contributed by atoms with Gasteiger partial charge in [-0.3, -0.25) is 9.69 Å². The highest BCUT2D eigenvalue weighted by Gasteiger charge is 2.33. The summed E-state index contributed by atoms with van der Waals surface area (Å²) in [5.74, 6) is 1.66. The SMILES string of the molecule is C=CCc1cc(/C=C2/SC(=S)N(c3ccc(OC)c(Cl)c3)C2=O)cc(OCC)c1OCC. The molecule has 1 saturated heterocycles. The number of benzene rings is 2.